The first kappa shape index (κ1) is 11.1. The monoisotopic (exact) mass is 219 g/mol. The molecule has 16 heavy (non-hydrogen) atoms. The van der Waals surface area contributed by atoms with E-state index in [4.69, 9.17) is 0 Å². The lowest BCUT2D eigenvalue weighted by Crippen LogP contribution is -2.39. The lowest BCUT2D eigenvalue weighted by molar-refractivity contribution is -0.141. The molecule has 0 amide bonds. The first-order valence-corrected chi connectivity index (χ1v) is 5.41. The Bertz CT molecular complexity index is 415. The summed E-state index contributed by atoms with van der Waals surface area (Å²) in [5.74, 6) is -0.727. The fraction of sp³-hybridized carbons (Fsp3) is 0.462. The van der Waals surface area contributed by atoms with Gasteiger partial charge in [-0.05, 0) is 33.0 Å². The van der Waals surface area contributed by atoms with Gasteiger partial charge in [-0.2, -0.15) is 0 Å². The zero-order valence-corrected chi connectivity index (χ0v) is 9.90. The lowest BCUT2D eigenvalue weighted by Gasteiger charge is -2.25. The Balaban J connectivity index is 2.47. The summed E-state index contributed by atoms with van der Waals surface area (Å²) in [5.41, 5.74) is -0.114. The van der Waals surface area contributed by atoms with Crippen LogP contribution in [-0.2, 0) is 10.2 Å². The van der Waals surface area contributed by atoms with Crippen molar-refractivity contribution in [2.24, 2.45) is 0 Å². The van der Waals surface area contributed by atoms with Crippen LogP contribution in [0.1, 0.15) is 18.9 Å². The topological polar surface area (TPSA) is 40.5 Å². The molecule has 0 radical (unpaired) electrons. The molecule has 1 fully saturated rings. The summed E-state index contributed by atoms with van der Waals surface area (Å²) in [6, 6.07) is 9.52. The molecule has 1 aliphatic carbocycles. The second-order valence-electron chi connectivity index (χ2n) is 4.92. The van der Waals surface area contributed by atoms with Crippen molar-refractivity contribution in [2.75, 3.05) is 14.1 Å². The highest BCUT2D eigenvalue weighted by Crippen LogP contribution is 2.60. The van der Waals surface area contributed by atoms with Gasteiger partial charge in [0.2, 0.25) is 0 Å². The molecule has 0 aliphatic heterocycles. The van der Waals surface area contributed by atoms with Gasteiger partial charge in [0.05, 0.1) is 0 Å². The fourth-order valence-electron chi connectivity index (χ4n) is 2.58. The summed E-state index contributed by atoms with van der Waals surface area (Å²) in [5, 5.41) is 9.52. The molecular formula is C13H17NO2. The van der Waals surface area contributed by atoms with Crippen molar-refractivity contribution in [3.05, 3.63) is 35.9 Å². The summed E-state index contributed by atoms with van der Waals surface area (Å²) < 4.78 is 0. The van der Waals surface area contributed by atoms with Crippen LogP contribution < -0.4 is 0 Å². The molecule has 3 heteroatoms. The number of nitrogens with zero attached hydrogens (tertiary/aromatic N) is 1. The largest absolute Gasteiger partial charge is 0.481 e. The molecule has 0 saturated heterocycles. The Morgan fingerprint density at radius 1 is 1.31 bits per heavy atom. The van der Waals surface area contributed by atoms with Gasteiger partial charge in [0.1, 0.15) is 5.41 Å². The second kappa shape index (κ2) is 3.32. The maximum Gasteiger partial charge on any atom is 0.316 e. The highest BCUT2D eigenvalue weighted by molar-refractivity contribution is 5.88. The van der Waals surface area contributed by atoms with E-state index in [9.17, 15) is 9.90 Å². The maximum atomic E-state index is 11.6. The van der Waals surface area contributed by atoms with Crippen LogP contribution in [0.3, 0.4) is 0 Å². The third kappa shape index (κ3) is 1.21. The van der Waals surface area contributed by atoms with Gasteiger partial charge in [0.25, 0.3) is 0 Å². The number of carboxylic acids is 1. The van der Waals surface area contributed by atoms with Crippen LogP contribution >= 0.6 is 0 Å². The molecule has 0 heterocycles. The van der Waals surface area contributed by atoms with Crippen LogP contribution in [0.5, 0.6) is 0 Å². The number of hydrogen-bond acceptors (Lipinski definition) is 2. The average molecular weight is 219 g/mol. The van der Waals surface area contributed by atoms with Crippen molar-refractivity contribution in [2.45, 2.75) is 24.3 Å². The molecule has 2 unspecified atom stereocenters. The zero-order chi connectivity index (χ0) is 12.0. The van der Waals surface area contributed by atoms with E-state index >= 15 is 0 Å². The number of hydrogen-bond donors (Lipinski definition) is 1. The number of rotatable bonds is 3. The minimum absolute atomic E-state index is 0.278. The number of carboxylic acid groups (broad SMARTS) is 1. The quantitative estimate of drug-likeness (QED) is 0.841. The van der Waals surface area contributed by atoms with Gasteiger partial charge >= 0.3 is 5.97 Å². The zero-order valence-electron chi connectivity index (χ0n) is 9.90. The molecule has 0 bridgehead atoms. The van der Waals surface area contributed by atoms with Crippen LogP contribution in [0, 0.1) is 0 Å². The van der Waals surface area contributed by atoms with E-state index in [1.165, 1.54) is 0 Å². The van der Waals surface area contributed by atoms with Crippen molar-refractivity contribution in [1.29, 1.82) is 0 Å². The predicted octanol–water partition coefficient (Wildman–Crippen LogP) is 1.73. The average Bonchev–Trinajstić information content (AvgIpc) is 2.90. The summed E-state index contributed by atoms with van der Waals surface area (Å²) in [6.07, 6.45) is 0.673. The van der Waals surface area contributed by atoms with E-state index in [0.29, 0.717) is 6.42 Å². The minimum Gasteiger partial charge on any atom is -0.481 e. The number of aliphatic carboxylic acids is 1. The van der Waals surface area contributed by atoms with Gasteiger partial charge in [-0.1, -0.05) is 30.3 Å². The van der Waals surface area contributed by atoms with Gasteiger partial charge in [-0.3, -0.25) is 4.79 Å². The van der Waals surface area contributed by atoms with Gasteiger partial charge in [-0.25, -0.2) is 0 Å². The molecule has 2 atom stereocenters. The van der Waals surface area contributed by atoms with Crippen LogP contribution in [-0.4, -0.2) is 35.6 Å². The maximum absolute atomic E-state index is 11.6. The Labute approximate surface area is 95.7 Å². The van der Waals surface area contributed by atoms with Crippen molar-refractivity contribution in [3.8, 4) is 0 Å². The van der Waals surface area contributed by atoms with Crippen LogP contribution in [0.4, 0.5) is 0 Å². The molecule has 86 valence electrons. The van der Waals surface area contributed by atoms with Crippen molar-refractivity contribution < 1.29 is 9.90 Å². The highest BCUT2D eigenvalue weighted by atomic mass is 16.4. The molecule has 0 spiro atoms. The van der Waals surface area contributed by atoms with Gasteiger partial charge in [0, 0.05) is 5.54 Å². The number of likely N-dealkylation sites (N-methyl/N-ethyl adjacent to an activating group) is 1. The third-order valence-corrected chi connectivity index (χ3v) is 4.02. The van der Waals surface area contributed by atoms with E-state index in [1.807, 2.05) is 56.3 Å². The fourth-order valence-corrected chi connectivity index (χ4v) is 2.58. The van der Waals surface area contributed by atoms with Gasteiger partial charge in [-0.15, -0.1) is 0 Å². The summed E-state index contributed by atoms with van der Waals surface area (Å²) in [7, 11) is 3.88. The Morgan fingerprint density at radius 3 is 2.25 bits per heavy atom. The van der Waals surface area contributed by atoms with Crippen LogP contribution in [0.15, 0.2) is 30.3 Å². The molecule has 1 aromatic rings. The van der Waals surface area contributed by atoms with E-state index in [1.54, 1.807) is 0 Å². The number of carbonyl (C=O) groups is 1. The molecule has 1 saturated carbocycles. The SMILES string of the molecule is CN(C)C1(C)CC1(C(=O)O)c1ccccc1. The molecule has 1 aliphatic rings. The molecule has 1 N–H and O–H groups in total. The third-order valence-electron chi connectivity index (χ3n) is 4.02. The summed E-state index contributed by atoms with van der Waals surface area (Å²) in [4.78, 5) is 13.6. The molecule has 0 aromatic heterocycles. The van der Waals surface area contributed by atoms with Crippen molar-refractivity contribution in [1.82, 2.24) is 4.90 Å². The first-order valence-electron chi connectivity index (χ1n) is 5.41. The minimum atomic E-state index is -0.738. The van der Waals surface area contributed by atoms with E-state index < -0.39 is 11.4 Å². The predicted molar refractivity (Wildman–Crippen MR) is 62.5 cm³/mol. The van der Waals surface area contributed by atoms with Crippen LogP contribution in [0.25, 0.3) is 0 Å². The van der Waals surface area contributed by atoms with Crippen LogP contribution in [0.2, 0.25) is 0 Å². The smallest absolute Gasteiger partial charge is 0.316 e. The Hall–Kier alpha value is -1.35. The number of benzene rings is 1. The summed E-state index contributed by atoms with van der Waals surface area (Å²) in [6.45, 7) is 2.01. The Morgan fingerprint density at radius 2 is 1.88 bits per heavy atom. The molecule has 3 nitrogen and oxygen atoms in total. The standard InChI is InChI=1S/C13H17NO2/c1-12(14(2)3)9-13(12,11(15)16)10-7-5-4-6-8-10/h4-8H,9H2,1-3H3,(H,15,16). The van der Waals surface area contributed by atoms with Crippen molar-refractivity contribution in [3.63, 3.8) is 0 Å². The van der Waals surface area contributed by atoms with E-state index in [0.717, 1.165) is 5.56 Å². The molecular weight excluding hydrogens is 202 g/mol. The van der Waals surface area contributed by atoms with Gasteiger partial charge < -0.3 is 10.0 Å². The second-order valence-corrected chi connectivity index (χ2v) is 4.92. The molecule has 1 aromatic carbocycles. The normalized spacial score (nSPS) is 32.8. The van der Waals surface area contributed by atoms with E-state index in [-0.39, 0.29) is 5.54 Å². The lowest BCUT2D eigenvalue weighted by atomic mass is 9.90. The Kier molecular flexibility index (Phi) is 2.31. The van der Waals surface area contributed by atoms with Gasteiger partial charge in [0.15, 0.2) is 0 Å². The first-order chi connectivity index (χ1) is 7.45. The van der Waals surface area contributed by atoms with E-state index in [2.05, 4.69) is 0 Å². The molecule has 2 rings (SSSR count). The highest BCUT2D eigenvalue weighted by Gasteiger charge is 2.71. The summed E-state index contributed by atoms with van der Waals surface area (Å²) >= 11 is 0. The van der Waals surface area contributed by atoms with Crippen molar-refractivity contribution >= 4 is 5.97 Å².